The van der Waals surface area contributed by atoms with Crippen molar-refractivity contribution in [1.82, 2.24) is 24.8 Å². The molecule has 2 aromatic rings. The van der Waals surface area contributed by atoms with Crippen LogP contribution in [0.5, 0.6) is 0 Å². The molecule has 1 aromatic heterocycles. The molecule has 1 aromatic carbocycles. The third kappa shape index (κ3) is 5.04. The van der Waals surface area contributed by atoms with E-state index >= 15 is 0 Å². The molecule has 2 saturated heterocycles. The van der Waals surface area contributed by atoms with E-state index < -0.39 is 0 Å². The van der Waals surface area contributed by atoms with E-state index in [1.54, 1.807) is 4.68 Å². The minimum absolute atomic E-state index is 0.225. The maximum atomic E-state index is 13.2. The average Bonchev–Trinajstić information content (AvgIpc) is 3.03. The van der Waals surface area contributed by atoms with Crippen molar-refractivity contribution in [3.05, 3.63) is 47.8 Å². The number of carbonyl (C=O) groups excluding carboxylic acids is 1. The molecule has 4 rings (SSSR count). The molecule has 0 bridgehead atoms. The van der Waals surface area contributed by atoms with Crippen LogP contribution in [0.3, 0.4) is 0 Å². The highest BCUT2D eigenvalue weighted by Gasteiger charge is 2.34. The number of aromatic nitrogens is 3. The monoisotopic (exact) mass is 395 g/mol. The normalized spacial score (nSPS) is 21.8. The molecule has 156 valence electrons. The maximum Gasteiger partial charge on any atom is 0.254 e. The fraction of sp³-hybridized carbons (Fsp3) is 0.609. The third-order valence-corrected chi connectivity index (χ3v) is 6.59. The highest BCUT2D eigenvalue weighted by atomic mass is 16.2. The quantitative estimate of drug-likeness (QED) is 0.780. The van der Waals surface area contributed by atoms with E-state index in [9.17, 15) is 4.79 Å². The average molecular weight is 396 g/mol. The number of aryl methyl sites for hydroxylation is 1. The van der Waals surface area contributed by atoms with Gasteiger partial charge in [0.2, 0.25) is 0 Å². The summed E-state index contributed by atoms with van der Waals surface area (Å²) in [6.45, 7) is 4.19. The lowest BCUT2D eigenvalue weighted by Crippen LogP contribution is -2.48. The van der Waals surface area contributed by atoms with E-state index in [0.717, 1.165) is 56.7 Å². The van der Waals surface area contributed by atoms with Crippen molar-refractivity contribution in [3.8, 4) is 0 Å². The summed E-state index contributed by atoms with van der Waals surface area (Å²) in [5.41, 5.74) is 1.90. The predicted octanol–water partition coefficient (Wildman–Crippen LogP) is 3.15. The largest absolute Gasteiger partial charge is 0.335 e. The molecule has 2 fully saturated rings. The minimum atomic E-state index is 0.225. The number of hydrogen-bond acceptors (Lipinski definition) is 4. The first-order chi connectivity index (χ1) is 14.2. The van der Waals surface area contributed by atoms with Crippen molar-refractivity contribution in [2.45, 2.75) is 51.0 Å². The zero-order chi connectivity index (χ0) is 20.1. The van der Waals surface area contributed by atoms with E-state index in [1.807, 2.05) is 43.6 Å². The topological polar surface area (TPSA) is 54.3 Å². The number of nitrogens with zero attached hydrogens (tertiary/aromatic N) is 5. The molecule has 29 heavy (non-hydrogen) atoms. The summed E-state index contributed by atoms with van der Waals surface area (Å²) in [6, 6.07) is 10.2. The Labute approximate surface area is 173 Å². The van der Waals surface area contributed by atoms with E-state index in [0.29, 0.717) is 12.0 Å². The van der Waals surface area contributed by atoms with Gasteiger partial charge in [-0.25, -0.2) is 0 Å². The van der Waals surface area contributed by atoms with E-state index in [2.05, 4.69) is 20.1 Å². The Bertz CT molecular complexity index is 782. The van der Waals surface area contributed by atoms with Crippen molar-refractivity contribution in [1.29, 1.82) is 0 Å². The first-order valence-corrected chi connectivity index (χ1v) is 11.1. The number of amides is 1. The van der Waals surface area contributed by atoms with Gasteiger partial charge in [-0.3, -0.25) is 9.48 Å². The Morgan fingerprint density at radius 1 is 1.03 bits per heavy atom. The van der Waals surface area contributed by atoms with Crippen molar-refractivity contribution in [2.24, 2.45) is 13.0 Å². The Kier molecular flexibility index (Phi) is 6.60. The lowest BCUT2D eigenvalue weighted by Gasteiger charge is -2.40. The molecule has 2 aliphatic heterocycles. The molecule has 6 heteroatoms. The Morgan fingerprint density at radius 2 is 1.83 bits per heavy atom. The Balaban J connectivity index is 1.35. The van der Waals surface area contributed by atoms with Crippen LogP contribution in [0.2, 0.25) is 0 Å². The number of piperidine rings is 1. The molecule has 3 heterocycles. The fourth-order valence-electron chi connectivity index (χ4n) is 4.97. The second kappa shape index (κ2) is 9.53. The van der Waals surface area contributed by atoms with Gasteiger partial charge in [-0.1, -0.05) is 36.3 Å². The van der Waals surface area contributed by atoms with Gasteiger partial charge in [-0.2, -0.15) is 0 Å². The van der Waals surface area contributed by atoms with Crippen LogP contribution in [-0.4, -0.2) is 62.9 Å². The molecule has 0 saturated carbocycles. The SMILES string of the molecule is Cn1cc(CCN2CCC(C3CCCCCN3C(=O)c3ccccc3)CC2)nn1. The fourth-order valence-corrected chi connectivity index (χ4v) is 4.97. The lowest BCUT2D eigenvalue weighted by molar-refractivity contribution is 0.0521. The second-order valence-corrected chi connectivity index (χ2v) is 8.59. The van der Waals surface area contributed by atoms with Crippen LogP contribution in [0, 0.1) is 5.92 Å². The predicted molar refractivity (Wildman–Crippen MR) is 114 cm³/mol. The van der Waals surface area contributed by atoms with E-state index in [-0.39, 0.29) is 5.91 Å². The molecule has 1 atom stereocenters. The van der Waals surface area contributed by atoms with Gasteiger partial charge in [-0.15, -0.1) is 5.10 Å². The summed E-state index contributed by atoms with van der Waals surface area (Å²) in [7, 11) is 1.91. The molecule has 6 nitrogen and oxygen atoms in total. The van der Waals surface area contributed by atoms with Gasteiger partial charge in [0.1, 0.15) is 0 Å². The molecule has 0 N–H and O–H groups in total. The zero-order valence-electron chi connectivity index (χ0n) is 17.5. The molecular weight excluding hydrogens is 362 g/mol. The van der Waals surface area contributed by atoms with Gasteiger partial charge in [0, 0.05) is 44.4 Å². The summed E-state index contributed by atoms with van der Waals surface area (Å²) in [6.07, 6.45) is 10.1. The Morgan fingerprint density at radius 3 is 2.55 bits per heavy atom. The molecule has 0 aliphatic carbocycles. The number of likely N-dealkylation sites (tertiary alicyclic amines) is 2. The van der Waals surface area contributed by atoms with E-state index in [4.69, 9.17) is 0 Å². The zero-order valence-corrected chi connectivity index (χ0v) is 17.5. The number of carbonyl (C=O) groups is 1. The number of rotatable bonds is 5. The summed E-state index contributed by atoms with van der Waals surface area (Å²) >= 11 is 0. The molecule has 1 unspecified atom stereocenters. The Hall–Kier alpha value is -2.21. The molecule has 0 spiro atoms. The smallest absolute Gasteiger partial charge is 0.254 e. The maximum absolute atomic E-state index is 13.2. The highest BCUT2D eigenvalue weighted by molar-refractivity contribution is 5.94. The van der Waals surface area contributed by atoms with Crippen LogP contribution in [0.4, 0.5) is 0 Å². The van der Waals surface area contributed by atoms with Crippen LogP contribution >= 0.6 is 0 Å². The van der Waals surface area contributed by atoms with Crippen molar-refractivity contribution in [3.63, 3.8) is 0 Å². The minimum Gasteiger partial charge on any atom is -0.335 e. The summed E-state index contributed by atoms with van der Waals surface area (Å²) in [5.74, 6) is 0.844. The van der Waals surface area contributed by atoms with Gasteiger partial charge < -0.3 is 9.80 Å². The number of benzene rings is 1. The first-order valence-electron chi connectivity index (χ1n) is 11.1. The van der Waals surface area contributed by atoms with Crippen molar-refractivity contribution < 1.29 is 4.79 Å². The molecular formula is C23H33N5O. The molecule has 2 aliphatic rings. The van der Waals surface area contributed by atoms with Gasteiger partial charge in [-0.05, 0) is 56.8 Å². The summed E-state index contributed by atoms with van der Waals surface area (Å²) < 4.78 is 1.77. The third-order valence-electron chi connectivity index (χ3n) is 6.59. The van der Waals surface area contributed by atoms with Crippen LogP contribution < -0.4 is 0 Å². The summed E-state index contributed by atoms with van der Waals surface area (Å²) in [5, 5.41) is 8.22. The van der Waals surface area contributed by atoms with Crippen LogP contribution in [0.25, 0.3) is 0 Å². The molecule has 0 radical (unpaired) electrons. The molecule has 1 amide bonds. The van der Waals surface area contributed by atoms with Crippen molar-refractivity contribution >= 4 is 5.91 Å². The van der Waals surface area contributed by atoms with Crippen LogP contribution in [0.1, 0.15) is 54.6 Å². The van der Waals surface area contributed by atoms with Gasteiger partial charge in [0.25, 0.3) is 5.91 Å². The van der Waals surface area contributed by atoms with Gasteiger partial charge in [0.05, 0.1) is 5.69 Å². The standard InChI is InChI=1S/C23H33N5O/c1-26-18-21(24-25-26)13-17-27-15-11-19(12-16-27)22-10-6-3-7-14-28(22)23(29)20-8-4-2-5-9-20/h2,4-5,8-9,18-19,22H,3,6-7,10-17H2,1H3. The number of hydrogen-bond donors (Lipinski definition) is 0. The van der Waals surface area contributed by atoms with Gasteiger partial charge >= 0.3 is 0 Å². The van der Waals surface area contributed by atoms with Gasteiger partial charge in [0.15, 0.2) is 0 Å². The van der Waals surface area contributed by atoms with Crippen molar-refractivity contribution in [2.75, 3.05) is 26.2 Å². The summed E-state index contributed by atoms with van der Waals surface area (Å²) in [4.78, 5) is 18.0. The highest BCUT2D eigenvalue weighted by Crippen LogP contribution is 2.31. The van der Waals surface area contributed by atoms with E-state index in [1.165, 1.54) is 25.7 Å². The lowest BCUT2D eigenvalue weighted by atomic mass is 9.85. The first kappa shape index (κ1) is 20.1. The second-order valence-electron chi connectivity index (χ2n) is 8.59. The van der Waals surface area contributed by atoms with Crippen LogP contribution in [0.15, 0.2) is 36.5 Å². The van der Waals surface area contributed by atoms with Crippen LogP contribution in [-0.2, 0) is 13.5 Å².